The van der Waals surface area contributed by atoms with Crippen LogP contribution in [0.5, 0.6) is 0 Å². The number of carbonyl (C=O) groups is 1. The number of nitrogens with zero attached hydrogens (tertiary/aromatic N) is 1. The summed E-state index contributed by atoms with van der Waals surface area (Å²) < 4.78 is 0. The van der Waals surface area contributed by atoms with Crippen LogP contribution in [0.15, 0.2) is 0 Å². The summed E-state index contributed by atoms with van der Waals surface area (Å²) in [5, 5.41) is 11.0. The highest BCUT2D eigenvalue weighted by Gasteiger charge is 2.12. The lowest BCUT2D eigenvalue weighted by Gasteiger charge is -2.21. The molecule has 27 heavy (non-hydrogen) atoms. The Morgan fingerprint density at radius 2 is 1.44 bits per heavy atom. The minimum atomic E-state index is 0.250. The van der Waals surface area contributed by atoms with Crippen molar-refractivity contribution in [2.75, 3.05) is 39.8 Å². The number of nitrogens with one attached hydrogen (secondary N) is 1. The van der Waals surface area contributed by atoms with Gasteiger partial charge in [-0.05, 0) is 59.4 Å². The van der Waals surface area contributed by atoms with Crippen LogP contribution in [-0.2, 0) is 4.79 Å². The maximum atomic E-state index is 8.81. The van der Waals surface area contributed by atoms with E-state index in [2.05, 4.69) is 38.0 Å². The number of hydrogen-bond acceptors (Lipinski definition) is 4. The van der Waals surface area contributed by atoms with Crippen LogP contribution in [0.2, 0.25) is 0 Å². The minimum Gasteiger partial charge on any atom is -0.397 e. The first-order valence-electron chi connectivity index (χ1n) is 11.5. The van der Waals surface area contributed by atoms with Crippen LogP contribution >= 0.6 is 0 Å². The molecule has 2 N–H and O–H groups in total. The SMILES string of the molecule is CC.CC=O.CCN(C)CC.CCNCCCCC1CCCCC1.CCO. The molecule has 0 aromatic heterocycles. The largest absolute Gasteiger partial charge is 0.397 e. The van der Waals surface area contributed by atoms with Crippen molar-refractivity contribution in [3.63, 3.8) is 0 Å². The van der Waals surface area contributed by atoms with Crippen LogP contribution in [0.1, 0.15) is 99.8 Å². The summed E-state index contributed by atoms with van der Waals surface area (Å²) in [6.45, 7) is 18.5. The van der Waals surface area contributed by atoms with Gasteiger partial charge in [0.15, 0.2) is 0 Å². The maximum Gasteiger partial charge on any atom is 0.116 e. The number of hydrogen-bond donors (Lipinski definition) is 2. The maximum absolute atomic E-state index is 8.81. The average Bonchev–Trinajstić information content (AvgIpc) is 2.71. The highest BCUT2D eigenvalue weighted by Crippen LogP contribution is 2.27. The Labute approximate surface area is 172 Å². The predicted octanol–water partition coefficient (Wildman–Crippen LogP) is 5.53. The Bertz CT molecular complexity index is 216. The molecule has 4 nitrogen and oxygen atoms in total. The zero-order valence-corrected chi connectivity index (χ0v) is 20.1. The molecule has 0 amide bonds. The third-order valence-electron chi connectivity index (χ3n) is 4.27. The first kappa shape index (κ1) is 34.1. The summed E-state index contributed by atoms with van der Waals surface area (Å²) in [5.41, 5.74) is 0. The van der Waals surface area contributed by atoms with Crippen molar-refractivity contribution in [1.29, 1.82) is 0 Å². The van der Waals surface area contributed by atoms with Crippen molar-refractivity contribution < 1.29 is 9.90 Å². The van der Waals surface area contributed by atoms with Crippen molar-refractivity contribution in [3.05, 3.63) is 0 Å². The van der Waals surface area contributed by atoms with E-state index in [-0.39, 0.29) is 6.61 Å². The van der Waals surface area contributed by atoms with Crippen molar-refractivity contribution in [1.82, 2.24) is 10.2 Å². The van der Waals surface area contributed by atoms with E-state index in [1.54, 1.807) is 6.92 Å². The molecule has 4 heteroatoms. The molecule has 1 fully saturated rings. The third-order valence-corrected chi connectivity index (χ3v) is 4.27. The second kappa shape index (κ2) is 36.5. The molecule has 0 unspecified atom stereocenters. The highest BCUT2D eigenvalue weighted by atomic mass is 16.2. The lowest BCUT2D eigenvalue weighted by molar-refractivity contribution is -0.106. The standard InChI is InChI=1S/C12H25N.C5H13N.C2H6O.C2H4O.C2H6/c1-2-13-11-7-6-10-12-8-4-3-5-9-12;1-4-6(3)5-2;2*1-2-3;1-2/h12-13H,2-11H2,1H3;4-5H2,1-3H3;3H,2H2,1H3;2H,1H3;1-2H3. The molecular weight excluding hydrogens is 336 g/mol. The van der Waals surface area contributed by atoms with Gasteiger partial charge in [0.2, 0.25) is 0 Å². The molecule has 0 radical (unpaired) electrons. The first-order chi connectivity index (χ1) is 13.1. The first-order valence-corrected chi connectivity index (χ1v) is 11.5. The van der Waals surface area contributed by atoms with Crippen LogP contribution in [0.25, 0.3) is 0 Å². The van der Waals surface area contributed by atoms with Gasteiger partial charge in [-0.1, -0.05) is 79.6 Å². The zero-order valence-electron chi connectivity index (χ0n) is 20.1. The van der Waals surface area contributed by atoms with Crippen molar-refractivity contribution in [2.24, 2.45) is 5.92 Å². The Kier molecular flexibility index (Phi) is 46.0. The van der Waals surface area contributed by atoms with Crippen LogP contribution in [-0.4, -0.2) is 56.1 Å². The molecule has 0 atom stereocenters. The molecule has 0 aromatic carbocycles. The summed E-state index contributed by atoms with van der Waals surface area (Å²) in [7, 11) is 2.11. The normalized spacial score (nSPS) is 12.8. The molecular formula is C23H54N2O2. The molecule has 1 rings (SSSR count). The van der Waals surface area contributed by atoms with Gasteiger partial charge in [0, 0.05) is 6.61 Å². The van der Waals surface area contributed by atoms with E-state index < -0.39 is 0 Å². The average molecular weight is 391 g/mol. The van der Waals surface area contributed by atoms with Crippen LogP contribution < -0.4 is 5.32 Å². The summed E-state index contributed by atoms with van der Waals surface area (Å²) >= 11 is 0. The Balaban J connectivity index is -0.000000158. The second-order valence-corrected chi connectivity index (χ2v) is 6.39. The van der Waals surface area contributed by atoms with E-state index in [0.717, 1.165) is 31.8 Å². The van der Waals surface area contributed by atoms with E-state index in [1.165, 1.54) is 64.8 Å². The Morgan fingerprint density at radius 1 is 1.00 bits per heavy atom. The van der Waals surface area contributed by atoms with Gasteiger partial charge in [-0.25, -0.2) is 0 Å². The van der Waals surface area contributed by atoms with Crippen molar-refractivity contribution in [3.8, 4) is 0 Å². The number of aldehydes is 1. The van der Waals surface area contributed by atoms with Gasteiger partial charge in [0.05, 0.1) is 0 Å². The number of unbranched alkanes of at least 4 members (excludes halogenated alkanes) is 1. The van der Waals surface area contributed by atoms with E-state index in [4.69, 9.17) is 9.90 Å². The molecule has 168 valence electrons. The predicted molar refractivity (Wildman–Crippen MR) is 124 cm³/mol. The van der Waals surface area contributed by atoms with Gasteiger partial charge in [0.25, 0.3) is 0 Å². The fourth-order valence-corrected chi connectivity index (χ4v) is 2.56. The molecule has 0 bridgehead atoms. The molecule has 0 spiro atoms. The summed E-state index contributed by atoms with van der Waals surface area (Å²) in [4.78, 5) is 11.1. The van der Waals surface area contributed by atoms with Crippen LogP contribution in [0.4, 0.5) is 0 Å². The van der Waals surface area contributed by atoms with E-state index in [9.17, 15) is 0 Å². The van der Waals surface area contributed by atoms with Crippen LogP contribution in [0, 0.1) is 5.92 Å². The van der Waals surface area contributed by atoms with Gasteiger partial charge in [0.1, 0.15) is 6.29 Å². The van der Waals surface area contributed by atoms with Gasteiger partial charge in [-0.3, -0.25) is 0 Å². The smallest absolute Gasteiger partial charge is 0.116 e. The fourth-order valence-electron chi connectivity index (χ4n) is 2.56. The van der Waals surface area contributed by atoms with Gasteiger partial charge < -0.3 is 20.1 Å². The van der Waals surface area contributed by atoms with Gasteiger partial charge in [-0.15, -0.1) is 0 Å². The fraction of sp³-hybridized carbons (Fsp3) is 0.957. The number of carbonyl (C=O) groups excluding carboxylic acids is 1. The minimum absolute atomic E-state index is 0.250. The van der Waals surface area contributed by atoms with Crippen LogP contribution in [0.3, 0.4) is 0 Å². The molecule has 0 aliphatic heterocycles. The van der Waals surface area contributed by atoms with Gasteiger partial charge >= 0.3 is 0 Å². The molecule has 0 heterocycles. The monoisotopic (exact) mass is 390 g/mol. The Hall–Kier alpha value is -0.450. The molecule has 0 aromatic rings. The summed E-state index contributed by atoms with van der Waals surface area (Å²) in [5.74, 6) is 1.08. The summed E-state index contributed by atoms with van der Waals surface area (Å²) in [6.07, 6.45) is 12.6. The molecule has 1 aliphatic carbocycles. The third kappa shape index (κ3) is 41.2. The van der Waals surface area contributed by atoms with E-state index in [1.807, 2.05) is 13.8 Å². The molecule has 1 saturated carbocycles. The van der Waals surface area contributed by atoms with Gasteiger partial charge in [-0.2, -0.15) is 0 Å². The van der Waals surface area contributed by atoms with E-state index >= 15 is 0 Å². The number of rotatable bonds is 8. The lowest BCUT2D eigenvalue weighted by Crippen LogP contribution is -2.15. The number of aliphatic hydroxyl groups excluding tert-OH is 1. The molecule has 1 aliphatic rings. The zero-order chi connectivity index (χ0) is 21.8. The number of aliphatic hydroxyl groups is 1. The lowest BCUT2D eigenvalue weighted by atomic mass is 9.86. The topological polar surface area (TPSA) is 52.6 Å². The van der Waals surface area contributed by atoms with E-state index in [0.29, 0.717) is 0 Å². The molecule has 0 saturated heterocycles. The Morgan fingerprint density at radius 3 is 1.78 bits per heavy atom. The summed E-state index contributed by atoms with van der Waals surface area (Å²) in [6, 6.07) is 0. The van der Waals surface area contributed by atoms with Crippen molar-refractivity contribution >= 4 is 6.29 Å². The quantitative estimate of drug-likeness (QED) is 0.422. The highest BCUT2D eigenvalue weighted by molar-refractivity contribution is 5.44. The second-order valence-electron chi connectivity index (χ2n) is 6.39. The van der Waals surface area contributed by atoms with Crippen molar-refractivity contribution in [2.45, 2.75) is 99.8 Å².